The average molecular weight is 375 g/mol. The molecule has 0 saturated heterocycles. The van der Waals surface area contributed by atoms with Crippen LogP contribution in [0.5, 0.6) is 0 Å². The molecule has 0 atom stereocenters. The van der Waals surface area contributed by atoms with Gasteiger partial charge < -0.3 is 15.7 Å². The SMILES string of the molecule is O=C(O)c1cccc(Nc2cc(Nc3cccc(Cl)c3Cl)ncn2)c1. The molecular formula is C17H12Cl2N4O2. The van der Waals surface area contributed by atoms with E-state index in [1.54, 1.807) is 36.4 Å². The molecule has 1 heterocycles. The number of hydrogen-bond donors (Lipinski definition) is 3. The van der Waals surface area contributed by atoms with Gasteiger partial charge in [-0.05, 0) is 30.3 Å². The van der Waals surface area contributed by atoms with E-state index >= 15 is 0 Å². The number of benzene rings is 2. The summed E-state index contributed by atoms with van der Waals surface area (Å²) in [5.41, 5.74) is 1.40. The van der Waals surface area contributed by atoms with E-state index in [2.05, 4.69) is 20.6 Å². The molecule has 0 aliphatic carbocycles. The number of halogens is 2. The lowest BCUT2D eigenvalue weighted by molar-refractivity contribution is 0.0697. The van der Waals surface area contributed by atoms with Gasteiger partial charge in [-0.2, -0.15) is 0 Å². The van der Waals surface area contributed by atoms with Gasteiger partial charge in [-0.1, -0.05) is 35.3 Å². The standard InChI is InChI=1S/C17H12Cl2N4O2/c18-12-5-2-6-13(16(12)19)23-15-8-14(20-9-21-15)22-11-4-1-3-10(7-11)17(24)25/h1-9H,(H,24,25)(H2,20,21,22,23). The van der Waals surface area contributed by atoms with Crippen LogP contribution in [0.15, 0.2) is 54.9 Å². The summed E-state index contributed by atoms with van der Waals surface area (Å²) in [5.74, 6) is 0.0125. The fourth-order valence-corrected chi connectivity index (χ4v) is 2.46. The summed E-state index contributed by atoms with van der Waals surface area (Å²) < 4.78 is 0. The lowest BCUT2D eigenvalue weighted by Crippen LogP contribution is -2.00. The Morgan fingerprint density at radius 2 is 1.68 bits per heavy atom. The summed E-state index contributed by atoms with van der Waals surface area (Å²) >= 11 is 12.1. The largest absolute Gasteiger partial charge is 0.478 e. The highest BCUT2D eigenvalue weighted by molar-refractivity contribution is 6.43. The molecule has 0 amide bonds. The number of nitrogens with one attached hydrogen (secondary N) is 2. The quantitative estimate of drug-likeness (QED) is 0.584. The third-order valence-electron chi connectivity index (χ3n) is 3.26. The molecule has 1 aromatic heterocycles. The van der Waals surface area contributed by atoms with Crippen molar-refractivity contribution < 1.29 is 9.90 Å². The predicted molar refractivity (Wildman–Crippen MR) is 98.5 cm³/mol. The van der Waals surface area contributed by atoms with Gasteiger partial charge in [-0.3, -0.25) is 0 Å². The van der Waals surface area contributed by atoms with Crippen LogP contribution in [-0.4, -0.2) is 21.0 Å². The number of carbonyl (C=O) groups is 1. The summed E-state index contributed by atoms with van der Waals surface area (Å²) in [6.45, 7) is 0. The Morgan fingerprint density at radius 1 is 0.960 bits per heavy atom. The molecule has 0 fully saturated rings. The van der Waals surface area contributed by atoms with E-state index in [0.29, 0.717) is 33.1 Å². The van der Waals surface area contributed by atoms with Gasteiger partial charge in [0.05, 0.1) is 21.3 Å². The fraction of sp³-hybridized carbons (Fsp3) is 0. The van der Waals surface area contributed by atoms with Crippen molar-refractivity contribution in [3.05, 3.63) is 70.5 Å². The Bertz CT molecular complexity index is 934. The first-order valence-electron chi connectivity index (χ1n) is 7.16. The van der Waals surface area contributed by atoms with Crippen molar-refractivity contribution in [2.75, 3.05) is 10.6 Å². The Balaban J connectivity index is 1.81. The normalized spacial score (nSPS) is 10.3. The Labute approximate surface area is 153 Å². The molecule has 3 aromatic rings. The Morgan fingerprint density at radius 3 is 2.44 bits per heavy atom. The summed E-state index contributed by atoms with van der Waals surface area (Å²) in [4.78, 5) is 19.3. The molecular weight excluding hydrogens is 363 g/mol. The molecule has 25 heavy (non-hydrogen) atoms. The van der Waals surface area contributed by atoms with Gasteiger partial charge in [0, 0.05) is 11.8 Å². The third-order valence-corrected chi connectivity index (χ3v) is 4.08. The summed E-state index contributed by atoms with van der Waals surface area (Å²) in [6, 6.07) is 13.3. The molecule has 0 saturated carbocycles. The number of carboxylic acid groups (broad SMARTS) is 1. The number of carboxylic acids is 1. The van der Waals surface area contributed by atoms with Crippen LogP contribution < -0.4 is 10.6 Å². The van der Waals surface area contributed by atoms with Crippen LogP contribution in [0.2, 0.25) is 10.0 Å². The number of rotatable bonds is 5. The highest BCUT2D eigenvalue weighted by atomic mass is 35.5. The maximum absolute atomic E-state index is 11.0. The van der Waals surface area contributed by atoms with Gasteiger partial charge in [-0.25, -0.2) is 14.8 Å². The van der Waals surface area contributed by atoms with E-state index in [0.717, 1.165) is 0 Å². The van der Waals surface area contributed by atoms with E-state index < -0.39 is 5.97 Å². The number of hydrogen-bond acceptors (Lipinski definition) is 5. The lowest BCUT2D eigenvalue weighted by atomic mass is 10.2. The molecule has 3 N–H and O–H groups in total. The summed E-state index contributed by atoms with van der Waals surface area (Å²) in [7, 11) is 0. The molecule has 8 heteroatoms. The zero-order valence-corrected chi connectivity index (χ0v) is 14.2. The van der Waals surface area contributed by atoms with Crippen LogP contribution in [0.4, 0.5) is 23.0 Å². The number of anilines is 4. The monoisotopic (exact) mass is 374 g/mol. The second-order valence-electron chi connectivity index (χ2n) is 5.03. The molecule has 6 nitrogen and oxygen atoms in total. The van der Waals surface area contributed by atoms with Crippen molar-refractivity contribution in [1.29, 1.82) is 0 Å². The fourth-order valence-electron chi connectivity index (χ4n) is 2.11. The van der Waals surface area contributed by atoms with Crippen LogP contribution in [0.1, 0.15) is 10.4 Å². The van der Waals surface area contributed by atoms with E-state index in [1.165, 1.54) is 18.5 Å². The van der Waals surface area contributed by atoms with E-state index in [9.17, 15) is 4.79 Å². The van der Waals surface area contributed by atoms with E-state index in [1.807, 2.05) is 0 Å². The first-order valence-corrected chi connectivity index (χ1v) is 7.92. The van der Waals surface area contributed by atoms with Gasteiger partial charge in [-0.15, -0.1) is 0 Å². The smallest absolute Gasteiger partial charge is 0.335 e. The molecule has 0 unspecified atom stereocenters. The van der Waals surface area contributed by atoms with E-state index in [4.69, 9.17) is 28.3 Å². The van der Waals surface area contributed by atoms with Crippen molar-refractivity contribution in [3.63, 3.8) is 0 Å². The maximum atomic E-state index is 11.0. The molecule has 0 spiro atoms. The van der Waals surface area contributed by atoms with Gasteiger partial charge >= 0.3 is 5.97 Å². The van der Waals surface area contributed by atoms with Crippen LogP contribution >= 0.6 is 23.2 Å². The lowest BCUT2D eigenvalue weighted by Gasteiger charge is -2.10. The second kappa shape index (κ2) is 7.38. The van der Waals surface area contributed by atoms with Crippen molar-refractivity contribution >= 4 is 52.2 Å². The van der Waals surface area contributed by atoms with Crippen molar-refractivity contribution in [2.45, 2.75) is 0 Å². The van der Waals surface area contributed by atoms with E-state index in [-0.39, 0.29) is 5.56 Å². The third kappa shape index (κ3) is 4.17. The molecule has 0 bridgehead atoms. The van der Waals surface area contributed by atoms with Gasteiger partial charge in [0.1, 0.15) is 18.0 Å². The molecule has 126 valence electrons. The van der Waals surface area contributed by atoms with Crippen molar-refractivity contribution in [1.82, 2.24) is 9.97 Å². The second-order valence-corrected chi connectivity index (χ2v) is 5.81. The first kappa shape index (κ1) is 17.0. The average Bonchev–Trinajstić information content (AvgIpc) is 2.59. The molecule has 2 aromatic carbocycles. The van der Waals surface area contributed by atoms with Crippen molar-refractivity contribution in [2.24, 2.45) is 0 Å². The maximum Gasteiger partial charge on any atom is 0.335 e. The molecule has 3 rings (SSSR count). The number of nitrogens with zero attached hydrogens (tertiary/aromatic N) is 2. The Kier molecular flexibility index (Phi) is 5.02. The minimum absolute atomic E-state index is 0.183. The molecule has 0 radical (unpaired) electrons. The summed E-state index contributed by atoms with van der Waals surface area (Å²) in [5, 5.41) is 16.0. The minimum Gasteiger partial charge on any atom is -0.478 e. The van der Waals surface area contributed by atoms with Crippen LogP contribution in [0, 0.1) is 0 Å². The van der Waals surface area contributed by atoms with Crippen LogP contribution in [-0.2, 0) is 0 Å². The Hall–Kier alpha value is -2.83. The predicted octanol–water partition coefficient (Wildman–Crippen LogP) is 4.97. The van der Waals surface area contributed by atoms with Crippen LogP contribution in [0.3, 0.4) is 0 Å². The first-order chi connectivity index (χ1) is 12.0. The highest BCUT2D eigenvalue weighted by Crippen LogP contribution is 2.31. The van der Waals surface area contributed by atoms with Gasteiger partial charge in [0.15, 0.2) is 0 Å². The zero-order chi connectivity index (χ0) is 17.8. The molecule has 0 aliphatic rings. The molecule has 0 aliphatic heterocycles. The minimum atomic E-state index is -0.996. The van der Waals surface area contributed by atoms with Gasteiger partial charge in [0.2, 0.25) is 0 Å². The zero-order valence-electron chi connectivity index (χ0n) is 12.7. The van der Waals surface area contributed by atoms with Crippen molar-refractivity contribution in [3.8, 4) is 0 Å². The van der Waals surface area contributed by atoms with Gasteiger partial charge in [0.25, 0.3) is 0 Å². The number of aromatic nitrogens is 2. The number of aromatic carboxylic acids is 1. The topological polar surface area (TPSA) is 87.1 Å². The highest BCUT2D eigenvalue weighted by Gasteiger charge is 2.07. The summed E-state index contributed by atoms with van der Waals surface area (Å²) in [6.07, 6.45) is 1.38. The van der Waals surface area contributed by atoms with Crippen LogP contribution in [0.25, 0.3) is 0 Å².